The van der Waals surface area contributed by atoms with Gasteiger partial charge in [-0.1, -0.05) is 0 Å². The number of pyridine rings is 1. The smallest absolute Gasteiger partial charge is 0.431 e. The zero-order chi connectivity index (χ0) is 14.2. The minimum Gasteiger partial charge on any atom is -0.462 e. The van der Waals surface area contributed by atoms with Crippen molar-refractivity contribution in [1.82, 2.24) is 14.6 Å². The van der Waals surface area contributed by atoms with Crippen LogP contribution in [0.4, 0.5) is 13.2 Å². The molecule has 9 heteroatoms. The Kier molecular flexibility index (Phi) is 3.05. The van der Waals surface area contributed by atoms with E-state index in [2.05, 4.69) is 9.84 Å². The van der Waals surface area contributed by atoms with Crippen LogP contribution in [0.3, 0.4) is 0 Å². The van der Waals surface area contributed by atoms with E-state index in [1.54, 1.807) is 6.92 Å². The van der Waals surface area contributed by atoms with Crippen LogP contribution in [0, 0.1) is 0 Å². The molecule has 102 valence electrons. The van der Waals surface area contributed by atoms with Gasteiger partial charge in [-0.2, -0.15) is 18.3 Å². The second kappa shape index (κ2) is 4.41. The quantitative estimate of drug-likeness (QED) is 0.836. The third-order valence-corrected chi connectivity index (χ3v) is 2.35. The first kappa shape index (κ1) is 13.1. The van der Waals surface area contributed by atoms with Crippen LogP contribution >= 0.6 is 0 Å². The number of hydrogen-bond donors (Lipinski definition) is 1. The number of ether oxygens (including phenoxy) is 1. The van der Waals surface area contributed by atoms with Crippen molar-refractivity contribution in [2.75, 3.05) is 6.61 Å². The van der Waals surface area contributed by atoms with Crippen molar-refractivity contribution in [1.29, 1.82) is 0 Å². The highest BCUT2D eigenvalue weighted by Crippen LogP contribution is 2.29. The summed E-state index contributed by atoms with van der Waals surface area (Å²) in [6, 6.07) is 1.56. The minimum atomic E-state index is -4.74. The SMILES string of the molecule is CCOC(=O)c1ccc(C(F)(F)F)n2c(=O)[nH]nc12. The second-order valence-electron chi connectivity index (χ2n) is 3.54. The Balaban J connectivity index is 2.74. The first-order chi connectivity index (χ1) is 8.86. The van der Waals surface area contributed by atoms with Crippen LogP contribution in [0.15, 0.2) is 16.9 Å². The number of nitrogens with one attached hydrogen (secondary N) is 1. The van der Waals surface area contributed by atoms with E-state index in [9.17, 15) is 22.8 Å². The van der Waals surface area contributed by atoms with Gasteiger partial charge in [-0.15, -0.1) is 0 Å². The fourth-order valence-corrected chi connectivity index (χ4v) is 1.60. The number of rotatable bonds is 2. The largest absolute Gasteiger partial charge is 0.462 e. The molecule has 0 aliphatic rings. The minimum absolute atomic E-state index is 0.0562. The number of aromatic nitrogens is 3. The van der Waals surface area contributed by atoms with Crippen molar-refractivity contribution in [2.45, 2.75) is 13.1 Å². The van der Waals surface area contributed by atoms with E-state index in [-0.39, 0.29) is 12.2 Å². The van der Waals surface area contributed by atoms with Crippen molar-refractivity contribution < 1.29 is 22.7 Å². The van der Waals surface area contributed by atoms with Crippen molar-refractivity contribution in [3.8, 4) is 0 Å². The van der Waals surface area contributed by atoms with Crippen molar-refractivity contribution >= 4 is 11.6 Å². The number of esters is 1. The first-order valence-corrected chi connectivity index (χ1v) is 5.20. The maximum atomic E-state index is 12.7. The lowest BCUT2D eigenvalue weighted by molar-refractivity contribution is -0.142. The standard InChI is InChI=1S/C10H8F3N3O3/c1-2-19-8(17)5-3-4-6(10(11,12)13)16-7(5)14-15-9(16)18/h3-4H,2H2,1H3,(H,15,18). The molecular formula is C10H8F3N3O3. The molecule has 0 bridgehead atoms. The monoisotopic (exact) mass is 275 g/mol. The topological polar surface area (TPSA) is 76.5 Å². The molecule has 19 heavy (non-hydrogen) atoms. The zero-order valence-electron chi connectivity index (χ0n) is 9.61. The molecule has 2 heterocycles. The van der Waals surface area contributed by atoms with E-state index in [1.165, 1.54) is 0 Å². The summed E-state index contributed by atoms with van der Waals surface area (Å²) in [5.74, 6) is -0.847. The number of hydrogen-bond acceptors (Lipinski definition) is 4. The van der Waals surface area contributed by atoms with E-state index in [1.807, 2.05) is 5.10 Å². The van der Waals surface area contributed by atoms with E-state index in [4.69, 9.17) is 0 Å². The lowest BCUT2D eigenvalue weighted by Gasteiger charge is -2.10. The fraction of sp³-hybridized carbons (Fsp3) is 0.300. The van der Waals surface area contributed by atoms with Gasteiger partial charge in [-0.05, 0) is 19.1 Å². The number of H-pyrrole nitrogens is 1. The number of halogens is 3. The van der Waals surface area contributed by atoms with Gasteiger partial charge in [0.25, 0.3) is 0 Å². The van der Waals surface area contributed by atoms with E-state index < -0.39 is 29.2 Å². The summed E-state index contributed by atoms with van der Waals surface area (Å²) in [5.41, 5.74) is -2.92. The number of fused-ring (bicyclic) bond motifs is 1. The predicted molar refractivity (Wildman–Crippen MR) is 56.8 cm³/mol. The molecule has 0 aliphatic heterocycles. The van der Waals surface area contributed by atoms with Gasteiger partial charge < -0.3 is 4.74 Å². The van der Waals surface area contributed by atoms with Gasteiger partial charge in [0.15, 0.2) is 5.65 Å². The highest BCUT2D eigenvalue weighted by atomic mass is 19.4. The summed E-state index contributed by atoms with van der Waals surface area (Å²) in [5, 5.41) is 5.30. The summed E-state index contributed by atoms with van der Waals surface area (Å²) in [6.07, 6.45) is -4.74. The summed E-state index contributed by atoms with van der Waals surface area (Å²) in [4.78, 5) is 22.9. The third kappa shape index (κ3) is 2.18. The molecule has 0 amide bonds. The number of alkyl halides is 3. The Hall–Kier alpha value is -2.32. The summed E-state index contributed by atoms with van der Waals surface area (Å²) in [7, 11) is 0. The lowest BCUT2D eigenvalue weighted by atomic mass is 10.2. The summed E-state index contributed by atoms with van der Waals surface area (Å²) >= 11 is 0. The molecular weight excluding hydrogens is 267 g/mol. The molecule has 0 saturated heterocycles. The molecule has 0 aromatic carbocycles. The maximum absolute atomic E-state index is 12.7. The molecule has 0 saturated carbocycles. The van der Waals surface area contributed by atoms with Gasteiger partial charge >= 0.3 is 17.8 Å². The lowest BCUT2D eigenvalue weighted by Crippen LogP contribution is -2.21. The van der Waals surface area contributed by atoms with Crippen LogP contribution < -0.4 is 5.69 Å². The van der Waals surface area contributed by atoms with Crippen LogP contribution in [0.5, 0.6) is 0 Å². The molecule has 0 aliphatic carbocycles. The third-order valence-electron chi connectivity index (χ3n) is 2.35. The highest BCUT2D eigenvalue weighted by Gasteiger charge is 2.35. The molecule has 2 aromatic heterocycles. The molecule has 0 radical (unpaired) electrons. The van der Waals surface area contributed by atoms with Gasteiger partial charge in [0.05, 0.1) is 6.61 Å². The molecule has 6 nitrogen and oxygen atoms in total. The molecule has 0 fully saturated rings. The normalized spacial score (nSPS) is 11.8. The molecule has 0 unspecified atom stereocenters. The Morgan fingerprint density at radius 3 is 2.74 bits per heavy atom. The van der Waals surface area contributed by atoms with Crippen molar-refractivity contribution in [2.24, 2.45) is 0 Å². The molecule has 2 rings (SSSR count). The zero-order valence-corrected chi connectivity index (χ0v) is 9.61. The highest BCUT2D eigenvalue weighted by molar-refractivity contribution is 5.95. The van der Waals surface area contributed by atoms with Gasteiger partial charge in [0, 0.05) is 0 Å². The van der Waals surface area contributed by atoms with Crippen LogP contribution in [-0.2, 0) is 10.9 Å². The van der Waals surface area contributed by atoms with Crippen molar-refractivity contribution in [3.63, 3.8) is 0 Å². The van der Waals surface area contributed by atoms with E-state index in [0.717, 1.165) is 6.07 Å². The van der Waals surface area contributed by atoms with Crippen molar-refractivity contribution in [3.05, 3.63) is 33.9 Å². The van der Waals surface area contributed by atoms with Gasteiger partial charge in [-0.3, -0.25) is 0 Å². The van der Waals surface area contributed by atoms with Crippen LogP contribution in [-0.4, -0.2) is 27.2 Å². The Labute approximate surface area is 103 Å². The average Bonchev–Trinajstić information content (AvgIpc) is 2.70. The molecule has 1 N–H and O–H groups in total. The predicted octanol–water partition coefficient (Wildman–Crippen LogP) is 1.22. The van der Waals surface area contributed by atoms with Gasteiger partial charge in [-0.25, -0.2) is 19.1 Å². The average molecular weight is 275 g/mol. The van der Waals surface area contributed by atoms with Crippen LogP contribution in [0.25, 0.3) is 5.65 Å². The number of carbonyl (C=O) groups excluding carboxylic acids is 1. The summed E-state index contributed by atoms with van der Waals surface area (Å²) < 4.78 is 43.2. The molecule has 2 aromatic rings. The molecule has 0 atom stereocenters. The molecule has 0 spiro atoms. The maximum Gasteiger partial charge on any atom is 0.431 e. The summed E-state index contributed by atoms with van der Waals surface area (Å²) in [6.45, 7) is 1.61. The van der Waals surface area contributed by atoms with Crippen LogP contribution in [0.2, 0.25) is 0 Å². The fourth-order valence-electron chi connectivity index (χ4n) is 1.60. The second-order valence-corrected chi connectivity index (χ2v) is 3.54. The Morgan fingerprint density at radius 2 is 2.16 bits per heavy atom. The van der Waals surface area contributed by atoms with E-state index in [0.29, 0.717) is 10.5 Å². The Bertz CT molecular complexity index is 687. The first-order valence-electron chi connectivity index (χ1n) is 5.20. The number of aromatic amines is 1. The van der Waals surface area contributed by atoms with Gasteiger partial charge in [0.1, 0.15) is 11.3 Å². The van der Waals surface area contributed by atoms with Gasteiger partial charge in [0.2, 0.25) is 0 Å². The number of carbonyl (C=O) groups is 1. The van der Waals surface area contributed by atoms with E-state index >= 15 is 0 Å². The number of nitrogens with zero attached hydrogens (tertiary/aromatic N) is 2. The Morgan fingerprint density at radius 1 is 1.47 bits per heavy atom. The van der Waals surface area contributed by atoms with Crippen LogP contribution in [0.1, 0.15) is 23.0 Å².